The molecule has 0 aromatic carbocycles. The van der Waals surface area contributed by atoms with Crippen molar-refractivity contribution in [1.82, 2.24) is 10.2 Å². The van der Waals surface area contributed by atoms with Crippen molar-refractivity contribution >= 4 is 5.97 Å². The standard InChI is InChI=1S/C7H6N2O2/c1-2-7(10)11-6-4-3-5-8-9-6/h2-5H,1H2. The highest BCUT2D eigenvalue weighted by molar-refractivity contribution is 5.82. The first-order chi connectivity index (χ1) is 5.33. The predicted molar refractivity (Wildman–Crippen MR) is 37.9 cm³/mol. The molecule has 0 aliphatic carbocycles. The van der Waals surface area contributed by atoms with Gasteiger partial charge in [-0.3, -0.25) is 0 Å². The molecule has 0 N–H and O–H groups in total. The smallest absolute Gasteiger partial charge is 0.336 e. The normalized spacial score (nSPS) is 8.73. The second-order valence-electron chi connectivity index (χ2n) is 1.69. The molecule has 1 aromatic heterocycles. The molecule has 1 aromatic rings. The first-order valence-electron chi connectivity index (χ1n) is 2.95. The summed E-state index contributed by atoms with van der Waals surface area (Å²) in [4.78, 5) is 10.6. The number of carbonyl (C=O) groups is 1. The van der Waals surface area contributed by atoms with E-state index in [1.165, 1.54) is 12.3 Å². The lowest BCUT2D eigenvalue weighted by Crippen LogP contribution is -2.04. The Morgan fingerprint density at radius 3 is 3.09 bits per heavy atom. The average molecular weight is 150 g/mol. The molecule has 0 saturated heterocycles. The summed E-state index contributed by atoms with van der Waals surface area (Å²) in [6, 6.07) is 3.16. The van der Waals surface area contributed by atoms with Crippen molar-refractivity contribution in [2.75, 3.05) is 0 Å². The van der Waals surface area contributed by atoms with Gasteiger partial charge in [-0.15, -0.1) is 5.10 Å². The van der Waals surface area contributed by atoms with Gasteiger partial charge < -0.3 is 4.74 Å². The van der Waals surface area contributed by atoms with Gasteiger partial charge in [-0.25, -0.2) is 4.79 Å². The number of hydrogen-bond donors (Lipinski definition) is 0. The van der Waals surface area contributed by atoms with Gasteiger partial charge in [0.25, 0.3) is 0 Å². The van der Waals surface area contributed by atoms with Gasteiger partial charge in [0.15, 0.2) is 0 Å². The van der Waals surface area contributed by atoms with E-state index in [1.54, 1.807) is 6.07 Å². The summed E-state index contributed by atoms with van der Waals surface area (Å²) in [6.45, 7) is 3.23. The summed E-state index contributed by atoms with van der Waals surface area (Å²) in [7, 11) is 0. The van der Waals surface area contributed by atoms with E-state index < -0.39 is 5.97 Å². The van der Waals surface area contributed by atoms with E-state index in [4.69, 9.17) is 0 Å². The van der Waals surface area contributed by atoms with E-state index in [0.717, 1.165) is 6.08 Å². The van der Waals surface area contributed by atoms with E-state index in [-0.39, 0.29) is 5.88 Å². The van der Waals surface area contributed by atoms with Gasteiger partial charge in [-0.1, -0.05) is 6.58 Å². The number of carbonyl (C=O) groups excluding carboxylic acids is 1. The highest BCUT2D eigenvalue weighted by Gasteiger charge is 1.98. The first-order valence-corrected chi connectivity index (χ1v) is 2.95. The molecule has 1 heterocycles. The van der Waals surface area contributed by atoms with Crippen molar-refractivity contribution in [3.05, 3.63) is 31.0 Å². The fourth-order valence-corrected chi connectivity index (χ4v) is 0.487. The van der Waals surface area contributed by atoms with Crippen LogP contribution < -0.4 is 4.74 Å². The van der Waals surface area contributed by atoms with Gasteiger partial charge in [-0.2, -0.15) is 5.10 Å². The monoisotopic (exact) mass is 150 g/mol. The Kier molecular flexibility index (Phi) is 2.32. The zero-order valence-electron chi connectivity index (χ0n) is 5.73. The SMILES string of the molecule is C=CC(=O)Oc1cccnn1. The molecule has 0 fully saturated rings. The summed E-state index contributed by atoms with van der Waals surface area (Å²) in [6.07, 6.45) is 2.56. The summed E-state index contributed by atoms with van der Waals surface area (Å²) in [5.41, 5.74) is 0. The summed E-state index contributed by atoms with van der Waals surface area (Å²) in [5.74, 6) is -0.358. The molecule has 0 radical (unpaired) electrons. The molecule has 0 aliphatic heterocycles. The summed E-state index contributed by atoms with van der Waals surface area (Å²) >= 11 is 0. The molecule has 4 heteroatoms. The van der Waals surface area contributed by atoms with Gasteiger partial charge in [0, 0.05) is 18.3 Å². The summed E-state index contributed by atoms with van der Waals surface area (Å²) < 4.78 is 4.63. The van der Waals surface area contributed by atoms with Crippen LogP contribution in [0.3, 0.4) is 0 Å². The van der Waals surface area contributed by atoms with Gasteiger partial charge in [0.1, 0.15) is 0 Å². The average Bonchev–Trinajstić information content (AvgIpc) is 2.06. The molecule has 0 aliphatic rings. The molecular formula is C7H6N2O2. The summed E-state index contributed by atoms with van der Waals surface area (Å²) in [5, 5.41) is 7.04. The molecule has 0 bridgehead atoms. The lowest BCUT2D eigenvalue weighted by Gasteiger charge is -1.95. The van der Waals surface area contributed by atoms with Crippen LogP contribution in [0.2, 0.25) is 0 Å². The molecule has 0 atom stereocenters. The number of esters is 1. The van der Waals surface area contributed by atoms with Crippen molar-refractivity contribution in [3.63, 3.8) is 0 Å². The van der Waals surface area contributed by atoms with Crippen molar-refractivity contribution in [2.24, 2.45) is 0 Å². The third-order valence-electron chi connectivity index (χ3n) is 0.920. The van der Waals surface area contributed by atoms with Crippen LogP contribution >= 0.6 is 0 Å². The van der Waals surface area contributed by atoms with E-state index in [2.05, 4.69) is 21.5 Å². The fraction of sp³-hybridized carbons (Fsp3) is 0. The van der Waals surface area contributed by atoms with Crippen LogP contribution in [-0.2, 0) is 4.79 Å². The molecule has 0 saturated carbocycles. The van der Waals surface area contributed by atoms with E-state index in [1.807, 2.05) is 0 Å². The third kappa shape index (κ3) is 2.17. The minimum absolute atomic E-state index is 0.178. The maximum atomic E-state index is 10.6. The Morgan fingerprint density at radius 1 is 1.73 bits per heavy atom. The lowest BCUT2D eigenvalue weighted by atomic mass is 10.6. The molecule has 11 heavy (non-hydrogen) atoms. The Balaban J connectivity index is 2.65. The predicted octanol–water partition coefficient (Wildman–Crippen LogP) is 0.568. The topological polar surface area (TPSA) is 52.1 Å². The minimum Gasteiger partial charge on any atom is -0.403 e. The van der Waals surface area contributed by atoms with Gasteiger partial charge in [0.2, 0.25) is 5.88 Å². The Bertz CT molecular complexity index is 258. The molecular weight excluding hydrogens is 144 g/mol. The minimum atomic E-state index is -0.537. The zero-order valence-corrected chi connectivity index (χ0v) is 5.73. The molecule has 0 amide bonds. The molecule has 0 unspecified atom stereocenters. The maximum Gasteiger partial charge on any atom is 0.336 e. The van der Waals surface area contributed by atoms with Crippen LogP contribution in [0.25, 0.3) is 0 Å². The van der Waals surface area contributed by atoms with Crippen molar-refractivity contribution < 1.29 is 9.53 Å². The van der Waals surface area contributed by atoms with Crippen LogP contribution in [0.1, 0.15) is 0 Å². The highest BCUT2D eigenvalue weighted by atomic mass is 16.5. The molecule has 4 nitrogen and oxygen atoms in total. The molecule has 56 valence electrons. The molecule has 0 spiro atoms. The van der Waals surface area contributed by atoms with Crippen molar-refractivity contribution in [3.8, 4) is 5.88 Å². The third-order valence-corrected chi connectivity index (χ3v) is 0.920. The first kappa shape index (κ1) is 7.40. The number of hydrogen-bond acceptors (Lipinski definition) is 4. The Morgan fingerprint density at radius 2 is 2.55 bits per heavy atom. The largest absolute Gasteiger partial charge is 0.403 e. The van der Waals surface area contributed by atoms with Crippen LogP contribution in [0.15, 0.2) is 31.0 Å². The van der Waals surface area contributed by atoms with E-state index >= 15 is 0 Å². The van der Waals surface area contributed by atoms with Crippen molar-refractivity contribution in [1.29, 1.82) is 0 Å². The lowest BCUT2D eigenvalue weighted by molar-refractivity contribution is -0.129. The van der Waals surface area contributed by atoms with Gasteiger partial charge >= 0.3 is 5.97 Å². The van der Waals surface area contributed by atoms with Crippen LogP contribution in [-0.4, -0.2) is 16.2 Å². The second-order valence-corrected chi connectivity index (χ2v) is 1.69. The van der Waals surface area contributed by atoms with Crippen LogP contribution in [0, 0.1) is 0 Å². The molecule has 1 rings (SSSR count). The number of aromatic nitrogens is 2. The highest BCUT2D eigenvalue weighted by Crippen LogP contribution is 2.00. The quantitative estimate of drug-likeness (QED) is 0.456. The Hall–Kier alpha value is -1.71. The number of rotatable bonds is 2. The number of nitrogens with zero attached hydrogens (tertiary/aromatic N) is 2. The number of ether oxygens (including phenoxy) is 1. The van der Waals surface area contributed by atoms with E-state index in [9.17, 15) is 4.79 Å². The van der Waals surface area contributed by atoms with Crippen LogP contribution in [0.4, 0.5) is 0 Å². The van der Waals surface area contributed by atoms with Crippen LogP contribution in [0.5, 0.6) is 5.88 Å². The van der Waals surface area contributed by atoms with Crippen molar-refractivity contribution in [2.45, 2.75) is 0 Å². The van der Waals surface area contributed by atoms with Gasteiger partial charge in [0.05, 0.1) is 0 Å². The van der Waals surface area contributed by atoms with E-state index in [0.29, 0.717) is 0 Å². The maximum absolute atomic E-state index is 10.6. The second kappa shape index (κ2) is 3.46. The van der Waals surface area contributed by atoms with Gasteiger partial charge in [-0.05, 0) is 6.07 Å². The zero-order chi connectivity index (χ0) is 8.10. The Labute approximate surface area is 63.5 Å². The fourth-order valence-electron chi connectivity index (χ4n) is 0.487.